The Hall–Kier alpha value is -2.13. The van der Waals surface area contributed by atoms with Crippen molar-refractivity contribution in [3.05, 3.63) is 70.3 Å². The van der Waals surface area contributed by atoms with E-state index >= 15 is 0 Å². The molecular formula is C24H34FN4OS2+. The van der Waals surface area contributed by atoms with Gasteiger partial charge in [0.2, 0.25) is 0 Å². The van der Waals surface area contributed by atoms with Crippen LogP contribution in [0.25, 0.3) is 0 Å². The Morgan fingerprint density at radius 1 is 1.16 bits per heavy atom. The van der Waals surface area contributed by atoms with Gasteiger partial charge in [0.15, 0.2) is 0 Å². The molecule has 1 aliphatic heterocycles. The van der Waals surface area contributed by atoms with E-state index in [-0.39, 0.29) is 10.5 Å². The molecule has 0 spiro atoms. The normalized spacial score (nSPS) is 13.9. The van der Waals surface area contributed by atoms with Gasteiger partial charge in [0.25, 0.3) is 0 Å². The molecule has 32 heavy (non-hydrogen) atoms. The van der Waals surface area contributed by atoms with Gasteiger partial charge in [-0.1, -0.05) is 44.2 Å². The lowest BCUT2D eigenvalue weighted by atomic mass is 10.2. The molecule has 2 aromatic carbocycles. The van der Waals surface area contributed by atoms with Crippen molar-refractivity contribution in [2.45, 2.75) is 45.1 Å². The third kappa shape index (κ3) is 8.09. The SMILES string of the molecule is CC.CNc1cc(F)c(SNc2cscn2)cc1C.O[N+]1(Cc2ccccc2)CCCC1. The number of hydroxylamine groups is 3. The van der Waals surface area contributed by atoms with Crippen LogP contribution >= 0.6 is 23.3 Å². The highest BCUT2D eigenvalue weighted by Gasteiger charge is 2.30. The maximum absolute atomic E-state index is 13.7. The molecule has 0 unspecified atom stereocenters. The molecule has 8 heteroatoms. The zero-order valence-electron chi connectivity index (χ0n) is 19.3. The summed E-state index contributed by atoms with van der Waals surface area (Å²) >= 11 is 2.73. The predicted molar refractivity (Wildman–Crippen MR) is 135 cm³/mol. The fourth-order valence-corrected chi connectivity index (χ4v) is 4.66. The number of thiazole rings is 1. The second kappa shape index (κ2) is 13.4. The van der Waals surface area contributed by atoms with Crippen LogP contribution in [0.2, 0.25) is 0 Å². The number of halogens is 1. The number of hydrogen-bond donors (Lipinski definition) is 3. The number of nitrogens with one attached hydrogen (secondary N) is 2. The Labute approximate surface area is 199 Å². The molecule has 5 nitrogen and oxygen atoms in total. The van der Waals surface area contributed by atoms with Gasteiger partial charge in [-0.05, 0) is 36.6 Å². The van der Waals surface area contributed by atoms with Gasteiger partial charge in [-0.15, -0.1) is 11.3 Å². The summed E-state index contributed by atoms with van der Waals surface area (Å²) in [5, 5.41) is 14.9. The Bertz CT molecular complexity index is 917. The molecular weight excluding hydrogens is 443 g/mol. The minimum Gasteiger partial charge on any atom is -0.388 e. The highest BCUT2D eigenvalue weighted by molar-refractivity contribution is 8.00. The maximum Gasteiger partial charge on any atom is 0.147 e. The fourth-order valence-electron chi connectivity index (χ4n) is 3.38. The number of aromatic nitrogens is 1. The van der Waals surface area contributed by atoms with Crippen molar-refractivity contribution in [3.8, 4) is 0 Å². The van der Waals surface area contributed by atoms with E-state index < -0.39 is 0 Å². The second-order valence-electron chi connectivity index (χ2n) is 7.32. The lowest BCUT2D eigenvalue weighted by molar-refractivity contribution is -1.10. The van der Waals surface area contributed by atoms with Gasteiger partial charge in [0, 0.05) is 36.5 Å². The molecule has 2 heterocycles. The van der Waals surface area contributed by atoms with E-state index in [2.05, 4.69) is 27.2 Å². The molecule has 1 aromatic heterocycles. The summed E-state index contributed by atoms with van der Waals surface area (Å²) in [6.45, 7) is 8.53. The summed E-state index contributed by atoms with van der Waals surface area (Å²) in [7, 11) is 1.78. The van der Waals surface area contributed by atoms with E-state index in [4.69, 9.17) is 0 Å². The first kappa shape index (κ1) is 26.1. The summed E-state index contributed by atoms with van der Waals surface area (Å²) in [5.41, 5.74) is 4.78. The van der Waals surface area contributed by atoms with Crippen molar-refractivity contribution < 1.29 is 14.2 Å². The van der Waals surface area contributed by atoms with Gasteiger partial charge in [0.05, 0.1) is 10.4 Å². The zero-order valence-corrected chi connectivity index (χ0v) is 20.9. The van der Waals surface area contributed by atoms with Crippen LogP contribution in [0.5, 0.6) is 0 Å². The number of aryl methyl sites for hydroxylation is 1. The van der Waals surface area contributed by atoms with Crippen molar-refractivity contribution in [2.75, 3.05) is 30.2 Å². The summed E-state index contributed by atoms with van der Waals surface area (Å²) in [5.74, 6) is 0.502. The van der Waals surface area contributed by atoms with Crippen LogP contribution in [0.3, 0.4) is 0 Å². The van der Waals surface area contributed by atoms with E-state index in [1.807, 2.05) is 50.4 Å². The highest BCUT2D eigenvalue weighted by Crippen LogP contribution is 2.28. The van der Waals surface area contributed by atoms with Gasteiger partial charge in [-0.25, -0.2) is 14.6 Å². The molecule has 3 aromatic rings. The summed E-state index contributed by atoms with van der Waals surface area (Å²) in [6, 6.07) is 13.5. The molecule has 0 saturated carbocycles. The second-order valence-corrected chi connectivity index (χ2v) is 8.89. The van der Waals surface area contributed by atoms with Gasteiger partial charge in [-0.2, -0.15) is 4.65 Å². The standard InChI is InChI=1S/C11H12FN3S2.C11H16NO.C2H6/c1-7-3-10(8(12)4-9(7)13-2)17-15-11-5-16-6-14-11;13-12(8-4-5-9-12)10-11-6-2-1-3-7-11;1-2/h3-6,13,15H,1-2H3;1-3,6-7,13H,4-5,8-10H2;1-2H3/q;+1;. The molecule has 174 valence electrons. The van der Waals surface area contributed by atoms with Crippen molar-refractivity contribution in [2.24, 2.45) is 0 Å². The average Bonchev–Trinajstić information content (AvgIpc) is 3.48. The number of rotatable bonds is 6. The Morgan fingerprint density at radius 2 is 1.84 bits per heavy atom. The monoisotopic (exact) mass is 477 g/mol. The van der Waals surface area contributed by atoms with Crippen molar-refractivity contribution in [1.29, 1.82) is 0 Å². The molecule has 4 rings (SSSR count). The number of quaternary nitrogens is 1. The third-order valence-electron chi connectivity index (χ3n) is 4.96. The number of likely N-dealkylation sites (tertiary alicyclic amines) is 1. The Morgan fingerprint density at radius 3 is 2.44 bits per heavy atom. The first-order valence-electron chi connectivity index (χ1n) is 10.9. The average molecular weight is 478 g/mol. The van der Waals surface area contributed by atoms with Gasteiger partial charge >= 0.3 is 0 Å². The van der Waals surface area contributed by atoms with Crippen LogP contribution in [-0.4, -0.2) is 35.0 Å². The zero-order chi connectivity index (χ0) is 23.4. The van der Waals surface area contributed by atoms with Gasteiger partial charge in [-0.3, -0.25) is 0 Å². The topological polar surface area (TPSA) is 57.2 Å². The number of hydrogen-bond acceptors (Lipinski definition) is 6. The smallest absolute Gasteiger partial charge is 0.147 e. The predicted octanol–water partition coefficient (Wildman–Crippen LogP) is 6.96. The molecule has 1 fully saturated rings. The van der Waals surface area contributed by atoms with Crippen LogP contribution in [0, 0.1) is 12.7 Å². The van der Waals surface area contributed by atoms with Crippen molar-refractivity contribution in [3.63, 3.8) is 0 Å². The third-order valence-corrected chi connectivity index (χ3v) is 6.39. The van der Waals surface area contributed by atoms with Gasteiger partial charge < -0.3 is 10.0 Å². The number of anilines is 2. The summed E-state index contributed by atoms with van der Waals surface area (Å²) in [4.78, 5) is 4.63. The maximum atomic E-state index is 13.7. The van der Waals surface area contributed by atoms with Crippen LogP contribution < -0.4 is 10.0 Å². The number of nitrogens with zero attached hydrogens (tertiary/aromatic N) is 2. The molecule has 3 N–H and O–H groups in total. The molecule has 0 radical (unpaired) electrons. The lowest BCUT2D eigenvalue weighted by Crippen LogP contribution is -2.40. The minimum atomic E-state index is -0.243. The molecule has 1 aliphatic rings. The van der Waals surface area contributed by atoms with E-state index in [0.29, 0.717) is 4.90 Å². The Kier molecular flexibility index (Phi) is 11.0. The van der Waals surface area contributed by atoms with E-state index in [1.165, 1.54) is 34.9 Å². The number of benzene rings is 2. The summed E-state index contributed by atoms with van der Waals surface area (Å²) < 4.78 is 17.0. The first-order valence-corrected chi connectivity index (χ1v) is 12.7. The van der Waals surface area contributed by atoms with Crippen molar-refractivity contribution >= 4 is 34.8 Å². The lowest BCUT2D eigenvalue weighted by Gasteiger charge is -2.24. The molecule has 1 saturated heterocycles. The Balaban J connectivity index is 0.000000217. The molecule has 0 amide bonds. The van der Waals surface area contributed by atoms with Crippen LogP contribution in [-0.2, 0) is 6.54 Å². The van der Waals surface area contributed by atoms with E-state index in [9.17, 15) is 9.60 Å². The van der Waals surface area contributed by atoms with Crippen LogP contribution in [0.15, 0.2) is 58.3 Å². The van der Waals surface area contributed by atoms with Gasteiger partial charge in [0.1, 0.15) is 31.3 Å². The molecule has 0 bridgehead atoms. The summed E-state index contributed by atoms with van der Waals surface area (Å²) in [6.07, 6.45) is 2.31. The fraction of sp³-hybridized carbons (Fsp3) is 0.375. The first-order chi connectivity index (χ1) is 15.5. The van der Waals surface area contributed by atoms with Crippen LogP contribution in [0.1, 0.15) is 37.8 Å². The van der Waals surface area contributed by atoms with E-state index in [0.717, 1.165) is 49.5 Å². The largest absolute Gasteiger partial charge is 0.388 e. The van der Waals surface area contributed by atoms with Crippen molar-refractivity contribution in [1.82, 2.24) is 4.98 Å². The highest BCUT2D eigenvalue weighted by atomic mass is 32.2. The minimum absolute atomic E-state index is 0.240. The molecule has 0 atom stereocenters. The quantitative estimate of drug-likeness (QED) is 0.264. The van der Waals surface area contributed by atoms with E-state index in [1.54, 1.807) is 12.6 Å². The van der Waals surface area contributed by atoms with Crippen LogP contribution in [0.4, 0.5) is 15.9 Å². The molecule has 0 aliphatic carbocycles.